The molecule has 0 unspecified atom stereocenters. The fraction of sp³-hybridized carbons (Fsp3) is 0.576. The number of carbonyl (C=O) groups excluding carboxylic acids is 6. The predicted molar refractivity (Wildman–Crippen MR) is 180 cm³/mol. The van der Waals surface area contributed by atoms with E-state index in [0.29, 0.717) is 18.4 Å². The Balaban J connectivity index is 3.26. The van der Waals surface area contributed by atoms with Crippen LogP contribution in [0.5, 0.6) is 5.75 Å². The van der Waals surface area contributed by atoms with Crippen molar-refractivity contribution < 1.29 is 53.7 Å². The summed E-state index contributed by atoms with van der Waals surface area (Å²) in [4.78, 5) is 101. The predicted octanol–water partition coefficient (Wildman–Crippen LogP) is -0.790. The molecule has 17 nitrogen and oxygen atoms in total. The van der Waals surface area contributed by atoms with Gasteiger partial charge < -0.3 is 47.2 Å². The summed E-state index contributed by atoms with van der Waals surface area (Å²) in [5.74, 6) is -7.96. The Morgan fingerprint density at radius 3 is 1.64 bits per heavy atom. The first-order chi connectivity index (χ1) is 23.3. The van der Waals surface area contributed by atoms with E-state index in [1.165, 1.54) is 31.3 Å². The van der Waals surface area contributed by atoms with Crippen LogP contribution in [0, 0.1) is 11.3 Å². The first-order valence-electron chi connectivity index (χ1n) is 16.2. The minimum atomic E-state index is -1.66. The van der Waals surface area contributed by atoms with E-state index < -0.39 is 90.4 Å². The number of ketones is 1. The van der Waals surface area contributed by atoms with Crippen molar-refractivity contribution in [2.75, 3.05) is 20.1 Å². The molecule has 1 aromatic carbocycles. The van der Waals surface area contributed by atoms with Crippen LogP contribution in [0.1, 0.15) is 65.9 Å². The van der Waals surface area contributed by atoms with Crippen LogP contribution in [0.2, 0.25) is 0 Å². The number of rotatable bonds is 21. The lowest BCUT2D eigenvalue weighted by atomic mass is 9.79. The number of likely N-dealkylation sites (N-methyl/N-ethyl adjacent to an activating group) is 1. The molecule has 17 heteroatoms. The zero-order valence-electron chi connectivity index (χ0n) is 29.3. The summed E-state index contributed by atoms with van der Waals surface area (Å²) in [5, 5.41) is 42.8. The number of carboxylic acid groups (broad SMARTS) is 2. The second-order valence-electron chi connectivity index (χ2n) is 12.8. The molecule has 4 atom stereocenters. The number of aromatic hydroxyl groups is 1. The van der Waals surface area contributed by atoms with Crippen molar-refractivity contribution in [2.24, 2.45) is 11.3 Å². The molecule has 9 N–H and O–H groups in total. The van der Waals surface area contributed by atoms with Crippen LogP contribution in [0.25, 0.3) is 0 Å². The summed E-state index contributed by atoms with van der Waals surface area (Å²) in [5.41, 5.74) is -0.310. The molecule has 0 bridgehead atoms. The molecule has 0 fully saturated rings. The number of amides is 5. The van der Waals surface area contributed by atoms with Gasteiger partial charge in [0.2, 0.25) is 29.5 Å². The Kier molecular flexibility index (Phi) is 17.6. The molecule has 1 aromatic rings. The number of carboxylic acids is 2. The van der Waals surface area contributed by atoms with Crippen molar-refractivity contribution in [3.8, 4) is 5.75 Å². The van der Waals surface area contributed by atoms with E-state index in [0.717, 1.165) is 0 Å². The first-order valence-corrected chi connectivity index (χ1v) is 16.2. The number of hydrogen-bond acceptors (Lipinski definition) is 10. The third-order valence-corrected chi connectivity index (χ3v) is 7.66. The molecule has 0 saturated carbocycles. The van der Waals surface area contributed by atoms with Crippen LogP contribution in [-0.4, -0.2) is 107 Å². The summed E-state index contributed by atoms with van der Waals surface area (Å²) in [6.45, 7) is 7.95. The average molecular weight is 707 g/mol. The number of carbonyl (C=O) groups is 8. The van der Waals surface area contributed by atoms with Gasteiger partial charge in [-0.1, -0.05) is 46.8 Å². The number of aliphatic carboxylic acids is 2. The van der Waals surface area contributed by atoms with Crippen LogP contribution in [-0.2, 0) is 44.8 Å². The van der Waals surface area contributed by atoms with Gasteiger partial charge >= 0.3 is 11.9 Å². The largest absolute Gasteiger partial charge is 0.508 e. The van der Waals surface area contributed by atoms with Crippen LogP contribution < -0.4 is 31.9 Å². The van der Waals surface area contributed by atoms with Gasteiger partial charge in [0.15, 0.2) is 5.78 Å². The Labute approximate surface area is 290 Å². The second kappa shape index (κ2) is 20.5. The number of nitrogens with one attached hydrogen (secondary N) is 6. The monoisotopic (exact) mass is 706 g/mol. The molecule has 278 valence electrons. The Morgan fingerprint density at radius 1 is 0.680 bits per heavy atom. The van der Waals surface area contributed by atoms with Gasteiger partial charge in [0, 0.05) is 12.3 Å². The highest BCUT2D eigenvalue weighted by Crippen LogP contribution is 2.25. The third-order valence-electron chi connectivity index (χ3n) is 7.66. The van der Waals surface area contributed by atoms with Gasteiger partial charge in [-0.2, -0.15) is 0 Å². The number of phenols is 1. The minimum absolute atomic E-state index is 0.0752. The molecular weight excluding hydrogens is 656 g/mol. The third kappa shape index (κ3) is 15.0. The zero-order valence-corrected chi connectivity index (χ0v) is 29.3. The zero-order chi connectivity index (χ0) is 38.2. The van der Waals surface area contributed by atoms with Gasteiger partial charge in [-0.3, -0.25) is 38.4 Å². The van der Waals surface area contributed by atoms with Crippen molar-refractivity contribution in [1.82, 2.24) is 31.9 Å². The number of phenolic OH excluding ortho intramolecular Hbond substituents is 1. The lowest BCUT2D eigenvalue weighted by Gasteiger charge is -2.34. The number of hydrogen-bond donors (Lipinski definition) is 9. The molecule has 5 amide bonds. The highest BCUT2D eigenvalue weighted by atomic mass is 16.4. The molecule has 0 spiro atoms. The van der Waals surface area contributed by atoms with Gasteiger partial charge in [-0.25, -0.2) is 0 Å². The molecule has 0 heterocycles. The molecule has 0 aliphatic carbocycles. The molecular formula is C33H50N6O11. The van der Waals surface area contributed by atoms with E-state index >= 15 is 0 Å². The lowest BCUT2D eigenvalue weighted by Crippen LogP contribution is -2.59. The number of Topliss-reactive ketones (excluding diaryl/α,β-unsaturated/α-hetero) is 1. The fourth-order valence-corrected chi connectivity index (χ4v) is 4.94. The van der Waals surface area contributed by atoms with Crippen molar-refractivity contribution >= 4 is 47.3 Å². The standard InChI is InChI=1S/C33H50N6O11/c1-7-19(8-2)28(47)29(33(3,4)5)39-32(50)23(15-27(45)46)38-31(49)21(13-18-9-11-20(40)12-10-18)36-25(42)17-35-30(48)22(14-26(43)44)37-24(41)16-34-6/h9-12,19,21-23,29,34,40H,7-8,13-17H2,1-6H3,(H,35,48)(H,36,42)(H,37,41)(H,38,49)(H,39,50)(H,43,44)(H,45,46)/t21-,22-,23-,29+/m0/s1. The quantitative estimate of drug-likeness (QED) is 0.0761. The maximum absolute atomic E-state index is 13.6. The maximum atomic E-state index is 13.6. The SMILES string of the molecule is CCC(CC)C(=O)[C@@H](NC(=O)[C@H](CC(=O)O)NC(=O)[C@H](Cc1ccc(O)cc1)NC(=O)CNC(=O)[C@H](CC(=O)O)NC(=O)CNC)C(C)(C)C. The van der Waals surface area contributed by atoms with Crippen LogP contribution in [0.4, 0.5) is 0 Å². The van der Waals surface area contributed by atoms with Crippen molar-refractivity contribution in [2.45, 2.75) is 90.9 Å². The Bertz CT molecular complexity index is 1370. The topological polar surface area (TPSA) is 269 Å². The highest BCUT2D eigenvalue weighted by Gasteiger charge is 2.38. The molecule has 50 heavy (non-hydrogen) atoms. The van der Waals surface area contributed by atoms with Crippen molar-refractivity contribution in [3.05, 3.63) is 29.8 Å². The van der Waals surface area contributed by atoms with Gasteiger partial charge in [-0.05, 0) is 43.0 Å². The van der Waals surface area contributed by atoms with Crippen molar-refractivity contribution in [3.63, 3.8) is 0 Å². The summed E-state index contributed by atoms with van der Waals surface area (Å²) in [6.07, 6.45) is -0.782. The molecule has 0 aliphatic heterocycles. The summed E-state index contributed by atoms with van der Waals surface area (Å²) < 4.78 is 0. The first kappa shape index (κ1) is 43.0. The Morgan fingerprint density at radius 2 is 1.16 bits per heavy atom. The summed E-state index contributed by atoms with van der Waals surface area (Å²) >= 11 is 0. The van der Waals surface area contributed by atoms with Gasteiger partial charge in [0.25, 0.3) is 0 Å². The lowest BCUT2D eigenvalue weighted by molar-refractivity contribution is -0.142. The molecule has 0 aliphatic rings. The van der Waals surface area contributed by atoms with Gasteiger partial charge in [0.1, 0.15) is 23.9 Å². The van der Waals surface area contributed by atoms with E-state index in [2.05, 4.69) is 31.9 Å². The maximum Gasteiger partial charge on any atom is 0.305 e. The second-order valence-corrected chi connectivity index (χ2v) is 12.8. The van der Waals surface area contributed by atoms with Gasteiger partial charge in [-0.15, -0.1) is 0 Å². The number of benzene rings is 1. The molecule has 1 rings (SSSR count). The van der Waals surface area contributed by atoms with Crippen molar-refractivity contribution in [1.29, 1.82) is 0 Å². The van der Waals surface area contributed by atoms with E-state index in [4.69, 9.17) is 5.11 Å². The van der Waals surface area contributed by atoms with E-state index in [1.807, 2.05) is 13.8 Å². The molecule has 0 radical (unpaired) electrons. The van der Waals surface area contributed by atoms with E-state index in [1.54, 1.807) is 20.8 Å². The fourth-order valence-electron chi connectivity index (χ4n) is 4.94. The van der Waals surface area contributed by atoms with E-state index in [9.17, 15) is 48.6 Å². The summed E-state index contributed by atoms with van der Waals surface area (Å²) in [6, 6.07) is -0.0138. The minimum Gasteiger partial charge on any atom is -0.508 e. The molecule has 0 saturated heterocycles. The summed E-state index contributed by atoms with van der Waals surface area (Å²) in [7, 11) is 1.47. The average Bonchev–Trinajstić information content (AvgIpc) is 3.02. The normalized spacial score (nSPS) is 13.6. The van der Waals surface area contributed by atoms with Crippen LogP contribution in [0.15, 0.2) is 24.3 Å². The van der Waals surface area contributed by atoms with E-state index in [-0.39, 0.29) is 30.4 Å². The highest BCUT2D eigenvalue weighted by molar-refractivity contribution is 5.98. The Hall–Kier alpha value is -5.06. The smallest absolute Gasteiger partial charge is 0.305 e. The van der Waals surface area contributed by atoms with Gasteiger partial charge in [0.05, 0.1) is 32.0 Å². The van der Waals surface area contributed by atoms with Crippen LogP contribution >= 0.6 is 0 Å². The molecule has 0 aromatic heterocycles. The van der Waals surface area contributed by atoms with Crippen LogP contribution in [0.3, 0.4) is 0 Å².